The average Bonchev–Trinajstić information content (AvgIpc) is 3.22. The second-order valence-electron chi connectivity index (χ2n) is 4.89. The predicted octanol–water partition coefficient (Wildman–Crippen LogP) is 3.68. The Labute approximate surface area is 127 Å². The normalized spacial score (nSPS) is 10.9. The summed E-state index contributed by atoms with van der Waals surface area (Å²) in [6.45, 7) is 0. The van der Waals surface area contributed by atoms with E-state index < -0.39 is 5.82 Å². The number of nitrogens with one attached hydrogen (secondary N) is 2. The minimum atomic E-state index is -0.420. The number of methoxy groups -OCH3 is 2. The van der Waals surface area contributed by atoms with E-state index in [4.69, 9.17) is 9.47 Å². The van der Waals surface area contributed by atoms with E-state index in [9.17, 15) is 4.39 Å². The summed E-state index contributed by atoms with van der Waals surface area (Å²) in [5, 5.41) is 0. The molecule has 0 bridgehead atoms. The lowest BCUT2D eigenvalue weighted by Crippen LogP contribution is -2.08. The zero-order chi connectivity index (χ0) is 15.5. The molecule has 114 valence electrons. The van der Waals surface area contributed by atoms with Crippen molar-refractivity contribution in [3.8, 4) is 11.5 Å². The van der Waals surface area contributed by atoms with E-state index in [1.54, 1.807) is 12.1 Å². The fraction of sp³-hybridized carbons (Fsp3) is 0.176. The van der Waals surface area contributed by atoms with Gasteiger partial charge in [-0.3, -0.25) is 0 Å². The van der Waals surface area contributed by atoms with E-state index >= 15 is 0 Å². The fourth-order valence-electron chi connectivity index (χ4n) is 2.68. The molecule has 22 heavy (non-hydrogen) atoms. The van der Waals surface area contributed by atoms with Crippen LogP contribution in [0.2, 0.25) is 0 Å². The molecule has 0 aliphatic carbocycles. The highest BCUT2D eigenvalue weighted by Gasteiger charge is 2.25. The predicted molar refractivity (Wildman–Crippen MR) is 82.0 cm³/mol. The van der Waals surface area contributed by atoms with Crippen molar-refractivity contribution in [1.29, 1.82) is 0 Å². The summed E-state index contributed by atoms with van der Waals surface area (Å²) in [5.74, 6) is -0.204. The summed E-state index contributed by atoms with van der Waals surface area (Å²) >= 11 is 0. The molecule has 3 aromatic rings. The molecule has 4 nitrogen and oxygen atoms in total. The van der Waals surface area contributed by atoms with Gasteiger partial charge in [0.2, 0.25) is 0 Å². The van der Waals surface area contributed by atoms with Crippen LogP contribution in [0.15, 0.2) is 48.8 Å². The Morgan fingerprint density at radius 1 is 0.909 bits per heavy atom. The van der Waals surface area contributed by atoms with Gasteiger partial charge in [-0.05, 0) is 30.3 Å². The molecule has 0 fully saturated rings. The molecule has 0 saturated carbocycles. The van der Waals surface area contributed by atoms with Crippen molar-refractivity contribution in [2.75, 3.05) is 14.2 Å². The molecule has 2 heterocycles. The molecule has 1 aromatic carbocycles. The molecule has 5 heteroatoms. The van der Waals surface area contributed by atoms with Crippen LogP contribution in [0.4, 0.5) is 4.39 Å². The highest BCUT2D eigenvalue weighted by molar-refractivity contribution is 5.49. The first kappa shape index (κ1) is 14.3. The number of rotatable bonds is 5. The molecule has 0 aliphatic rings. The maximum atomic E-state index is 14.9. The number of ether oxygens (including phenoxy) is 2. The smallest absolute Gasteiger partial charge is 0.197 e. The number of benzene rings is 1. The Kier molecular flexibility index (Phi) is 3.87. The molecular weight excluding hydrogens is 283 g/mol. The number of hydrogen-bond acceptors (Lipinski definition) is 2. The zero-order valence-corrected chi connectivity index (χ0v) is 12.4. The van der Waals surface area contributed by atoms with Gasteiger partial charge in [0.25, 0.3) is 0 Å². The van der Waals surface area contributed by atoms with Crippen molar-refractivity contribution in [2.45, 2.75) is 5.92 Å². The Balaban J connectivity index is 2.17. The first-order valence-corrected chi connectivity index (χ1v) is 6.93. The van der Waals surface area contributed by atoms with E-state index in [1.165, 1.54) is 14.2 Å². The topological polar surface area (TPSA) is 50.0 Å². The number of hydrogen-bond donors (Lipinski definition) is 2. The highest BCUT2D eigenvalue weighted by atomic mass is 19.1. The van der Waals surface area contributed by atoms with Crippen LogP contribution in [0, 0.1) is 5.82 Å². The highest BCUT2D eigenvalue weighted by Crippen LogP contribution is 2.39. The van der Waals surface area contributed by atoms with Crippen molar-refractivity contribution in [3.63, 3.8) is 0 Å². The molecule has 0 atom stereocenters. The van der Waals surface area contributed by atoms with Gasteiger partial charge in [0.1, 0.15) is 0 Å². The quantitative estimate of drug-likeness (QED) is 0.755. The summed E-state index contributed by atoms with van der Waals surface area (Å²) in [5.41, 5.74) is 2.31. The fourth-order valence-corrected chi connectivity index (χ4v) is 2.68. The van der Waals surface area contributed by atoms with E-state index in [0.29, 0.717) is 11.3 Å². The lowest BCUT2D eigenvalue weighted by molar-refractivity contribution is 0.335. The van der Waals surface area contributed by atoms with E-state index in [2.05, 4.69) is 9.97 Å². The van der Waals surface area contributed by atoms with Crippen LogP contribution in [0.1, 0.15) is 22.9 Å². The van der Waals surface area contributed by atoms with Crippen LogP contribution in [-0.4, -0.2) is 24.2 Å². The van der Waals surface area contributed by atoms with Gasteiger partial charge >= 0.3 is 0 Å². The van der Waals surface area contributed by atoms with E-state index in [0.717, 1.165) is 11.4 Å². The monoisotopic (exact) mass is 300 g/mol. The van der Waals surface area contributed by atoms with Crippen LogP contribution in [0.5, 0.6) is 11.5 Å². The van der Waals surface area contributed by atoms with Crippen molar-refractivity contribution in [3.05, 3.63) is 71.6 Å². The summed E-state index contributed by atoms with van der Waals surface area (Å²) in [6, 6.07) is 11.1. The SMILES string of the molecule is COc1ccc(C(c2ccc[nH]2)c2ccc[nH]2)c(F)c1OC. The minimum Gasteiger partial charge on any atom is -0.493 e. The van der Waals surface area contributed by atoms with Crippen LogP contribution < -0.4 is 9.47 Å². The summed E-state index contributed by atoms with van der Waals surface area (Å²) < 4.78 is 25.2. The molecule has 2 N–H and O–H groups in total. The molecule has 0 aliphatic heterocycles. The third-order valence-corrected chi connectivity index (χ3v) is 3.69. The second kappa shape index (κ2) is 5.97. The van der Waals surface area contributed by atoms with Gasteiger partial charge in [0, 0.05) is 29.3 Å². The third kappa shape index (κ3) is 2.35. The Morgan fingerprint density at radius 2 is 1.55 bits per heavy atom. The molecule has 0 unspecified atom stereocenters. The number of halogens is 1. The average molecular weight is 300 g/mol. The molecule has 0 radical (unpaired) electrons. The summed E-state index contributed by atoms with van der Waals surface area (Å²) in [7, 11) is 2.92. The number of H-pyrrole nitrogens is 2. The lowest BCUT2D eigenvalue weighted by Gasteiger charge is -2.18. The van der Waals surface area contributed by atoms with Crippen LogP contribution in [0.3, 0.4) is 0 Å². The van der Waals surface area contributed by atoms with Gasteiger partial charge in [0.15, 0.2) is 17.3 Å². The maximum Gasteiger partial charge on any atom is 0.197 e. The van der Waals surface area contributed by atoms with Crippen LogP contribution in [-0.2, 0) is 0 Å². The zero-order valence-electron chi connectivity index (χ0n) is 12.4. The second-order valence-corrected chi connectivity index (χ2v) is 4.89. The van der Waals surface area contributed by atoms with Gasteiger partial charge in [0.05, 0.1) is 20.1 Å². The van der Waals surface area contributed by atoms with Crippen molar-refractivity contribution >= 4 is 0 Å². The van der Waals surface area contributed by atoms with Crippen molar-refractivity contribution in [1.82, 2.24) is 9.97 Å². The van der Waals surface area contributed by atoms with Gasteiger partial charge in [-0.25, -0.2) is 4.39 Å². The Hall–Kier alpha value is -2.69. The molecule has 0 spiro atoms. The Morgan fingerprint density at radius 3 is 2.00 bits per heavy atom. The van der Waals surface area contributed by atoms with E-state index in [1.807, 2.05) is 36.7 Å². The molecular formula is C17H17FN2O2. The first-order chi connectivity index (χ1) is 10.8. The summed E-state index contributed by atoms with van der Waals surface area (Å²) in [4.78, 5) is 6.32. The van der Waals surface area contributed by atoms with Gasteiger partial charge in [-0.2, -0.15) is 0 Å². The number of aromatic nitrogens is 2. The Bertz CT molecular complexity index is 702. The van der Waals surface area contributed by atoms with Crippen LogP contribution in [0.25, 0.3) is 0 Å². The molecule has 0 amide bonds. The standard InChI is InChI=1S/C17H17FN2O2/c1-21-14-8-7-11(16(18)17(14)22-2)15(12-5-3-9-19-12)13-6-4-10-20-13/h3-10,15,19-20H,1-2H3. The maximum absolute atomic E-state index is 14.9. The molecule has 3 rings (SSSR count). The third-order valence-electron chi connectivity index (χ3n) is 3.69. The molecule has 2 aromatic heterocycles. The van der Waals surface area contributed by atoms with E-state index in [-0.39, 0.29) is 11.7 Å². The van der Waals surface area contributed by atoms with Crippen LogP contribution >= 0.6 is 0 Å². The molecule has 0 saturated heterocycles. The minimum absolute atomic E-state index is 0.114. The number of aromatic amines is 2. The first-order valence-electron chi connectivity index (χ1n) is 6.93. The van der Waals surface area contributed by atoms with Crippen molar-refractivity contribution < 1.29 is 13.9 Å². The lowest BCUT2D eigenvalue weighted by atomic mass is 9.91. The van der Waals surface area contributed by atoms with Gasteiger partial charge in [-0.1, -0.05) is 6.07 Å². The largest absolute Gasteiger partial charge is 0.493 e. The van der Waals surface area contributed by atoms with Gasteiger partial charge in [-0.15, -0.1) is 0 Å². The summed E-state index contributed by atoms with van der Waals surface area (Å²) in [6.07, 6.45) is 3.65. The van der Waals surface area contributed by atoms with Crippen molar-refractivity contribution in [2.24, 2.45) is 0 Å². The van der Waals surface area contributed by atoms with Gasteiger partial charge < -0.3 is 19.4 Å².